The van der Waals surface area contributed by atoms with Crippen molar-refractivity contribution in [2.75, 3.05) is 5.32 Å². The molecule has 2 aromatic heterocycles. The van der Waals surface area contributed by atoms with Crippen LogP contribution < -0.4 is 5.32 Å². The Morgan fingerprint density at radius 2 is 1.75 bits per heavy atom. The third-order valence-electron chi connectivity index (χ3n) is 4.80. The van der Waals surface area contributed by atoms with Crippen molar-refractivity contribution in [3.05, 3.63) is 77.2 Å². The summed E-state index contributed by atoms with van der Waals surface area (Å²) in [6, 6.07) is 19.4. The minimum atomic E-state index is -0.668. The number of rotatable bonds is 6. The number of carbonyl (C=O) groups is 2. The van der Waals surface area contributed by atoms with Gasteiger partial charge in [-0.1, -0.05) is 48.5 Å². The van der Waals surface area contributed by atoms with E-state index in [1.165, 1.54) is 11.3 Å². The van der Waals surface area contributed by atoms with Gasteiger partial charge < -0.3 is 14.5 Å². The highest BCUT2D eigenvalue weighted by Crippen LogP contribution is 2.39. The fraction of sp³-hybridized carbons (Fsp3) is 0.231. The molecule has 0 bridgehead atoms. The van der Waals surface area contributed by atoms with Crippen LogP contribution in [0.4, 0.5) is 5.69 Å². The lowest BCUT2D eigenvalue weighted by molar-refractivity contribution is -0.116. The van der Waals surface area contributed by atoms with E-state index in [9.17, 15) is 9.59 Å². The van der Waals surface area contributed by atoms with Crippen LogP contribution in [0.15, 0.2) is 70.5 Å². The van der Waals surface area contributed by atoms with E-state index in [4.69, 9.17) is 9.15 Å². The van der Waals surface area contributed by atoms with E-state index in [0.29, 0.717) is 34.7 Å². The molecular weight excluding hydrogens is 422 g/mol. The lowest BCUT2D eigenvalue weighted by Gasteiger charge is -2.20. The summed E-state index contributed by atoms with van der Waals surface area (Å²) >= 11 is 1.35. The number of hydrogen-bond donors (Lipinski definition) is 1. The number of hydrogen-bond acceptors (Lipinski definition) is 5. The summed E-state index contributed by atoms with van der Waals surface area (Å²) in [5.41, 5.74) is 1.91. The molecular formula is C26H25NO4S. The summed E-state index contributed by atoms with van der Waals surface area (Å²) in [6.07, 6.45) is 0.933. The molecule has 0 aliphatic heterocycles. The number of anilines is 1. The van der Waals surface area contributed by atoms with E-state index < -0.39 is 11.6 Å². The van der Waals surface area contributed by atoms with Crippen LogP contribution in [-0.4, -0.2) is 17.5 Å². The number of carbonyl (C=O) groups excluding carboxylic acids is 2. The molecule has 2 aromatic carbocycles. The molecule has 4 aromatic rings. The number of para-hydroxylation sites is 1. The van der Waals surface area contributed by atoms with Gasteiger partial charge in [0.1, 0.15) is 22.5 Å². The first-order valence-corrected chi connectivity index (χ1v) is 11.4. The van der Waals surface area contributed by atoms with Gasteiger partial charge in [0.25, 0.3) is 0 Å². The van der Waals surface area contributed by atoms with Crippen LogP contribution in [0.25, 0.3) is 21.6 Å². The van der Waals surface area contributed by atoms with Crippen LogP contribution in [0.5, 0.6) is 0 Å². The van der Waals surface area contributed by atoms with Gasteiger partial charge in [-0.3, -0.25) is 4.79 Å². The monoisotopic (exact) mass is 447 g/mol. The average molecular weight is 448 g/mol. The SMILES string of the molecule is CC(C)(C)OC(=O)c1c(NC(=O)CCc2ccccc2)csc1-c1cc2ccccc2o1. The molecule has 1 amide bonds. The maximum Gasteiger partial charge on any atom is 0.342 e. The molecule has 0 saturated carbocycles. The molecule has 0 fully saturated rings. The van der Waals surface area contributed by atoms with Crippen LogP contribution in [0.3, 0.4) is 0 Å². The Labute approximate surface area is 191 Å². The Morgan fingerprint density at radius 1 is 1.03 bits per heavy atom. The van der Waals surface area contributed by atoms with Crippen molar-refractivity contribution in [2.45, 2.75) is 39.2 Å². The van der Waals surface area contributed by atoms with Gasteiger partial charge in [-0.25, -0.2) is 4.79 Å². The van der Waals surface area contributed by atoms with Crippen LogP contribution in [0, 0.1) is 0 Å². The van der Waals surface area contributed by atoms with Gasteiger partial charge in [-0.05, 0) is 44.9 Å². The number of esters is 1. The van der Waals surface area contributed by atoms with Gasteiger partial charge in [-0.2, -0.15) is 0 Å². The van der Waals surface area contributed by atoms with Crippen molar-refractivity contribution in [1.82, 2.24) is 0 Å². The van der Waals surface area contributed by atoms with Gasteiger partial charge >= 0.3 is 5.97 Å². The molecule has 6 heteroatoms. The summed E-state index contributed by atoms with van der Waals surface area (Å²) in [5.74, 6) is -0.0815. The third-order valence-corrected chi connectivity index (χ3v) is 5.80. The van der Waals surface area contributed by atoms with Crippen LogP contribution in [0.2, 0.25) is 0 Å². The standard InChI is InChI=1S/C26H25NO4S/c1-26(2,3)31-25(29)23-19(27-22(28)14-13-17-9-5-4-6-10-17)16-32-24(23)21-15-18-11-7-8-12-20(18)30-21/h4-12,15-16H,13-14H2,1-3H3,(H,27,28). The van der Waals surface area contributed by atoms with Crippen LogP contribution >= 0.6 is 11.3 Å². The van der Waals surface area contributed by atoms with E-state index in [2.05, 4.69) is 5.32 Å². The molecule has 0 unspecified atom stereocenters. The molecule has 0 saturated heterocycles. The topological polar surface area (TPSA) is 68.5 Å². The molecule has 0 aliphatic carbocycles. The van der Waals surface area contributed by atoms with Crippen LogP contribution in [0.1, 0.15) is 43.1 Å². The van der Waals surface area contributed by atoms with Crippen molar-refractivity contribution >= 4 is 39.9 Å². The second kappa shape index (κ2) is 9.01. The second-order valence-electron chi connectivity index (χ2n) is 8.54. The van der Waals surface area contributed by atoms with Crippen molar-refractivity contribution in [3.8, 4) is 10.6 Å². The van der Waals surface area contributed by atoms with E-state index >= 15 is 0 Å². The Morgan fingerprint density at radius 3 is 2.47 bits per heavy atom. The normalized spacial score (nSPS) is 11.5. The maximum absolute atomic E-state index is 13.1. The Hall–Kier alpha value is -3.38. The molecule has 32 heavy (non-hydrogen) atoms. The van der Waals surface area contributed by atoms with Crippen LogP contribution in [-0.2, 0) is 16.0 Å². The Balaban J connectivity index is 1.62. The Kier molecular flexibility index (Phi) is 6.15. The zero-order chi connectivity index (χ0) is 22.7. The number of furan rings is 1. The van der Waals surface area contributed by atoms with Crippen molar-refractivity contribution in [3.63, 3.8) is 0 Å². The highest BCUT2D eigenvalue weighted by atomic mass is 32.1. The molecule has 0 spiro atoms. The second-order valence-corrected chi connectivity index (χ2v) is 9.42. The number of thiophene rings is 1. The lowest BCUT2D eigenvalue weighted by atomic mass is 10.1. The van der Waals surface area contributed by atoms with E-state index in [1.807, 2.05) is 81.4 Å². The first-order chi connectivity index (χ1) is 15.3. The predicted octanol–water partition coefficient (Wildman–Crippen LogP) is 6.69. The van der Waals surface area contributed by atoms with Gasteiger partial charge in [-0.15, -0.1) is 11.3 Å². The van der Waals surface area contributed by atoms with E-state index in [1.54, 1.807) is 5.38 Å². The summed E-state index contributed by atoms with van der Waals surface area (Å²) < 4.78 is 11.6. The molecule has 2 heterocycles. The number of ether oxygens (including phenoxy) is 1. The van der Waals surface area contributed by atoms with E-state index in [-0.39, 0.29) is 5.91 Å². The quantitative estimate of drug-likeness (QED) is 0.334. The zero-order valence-electron chi connectivity index (χ0n) is 18.3. The molecule has 5 nitrogen and oxygen atoms in total. The summed E-state index contributed by atoms with van der Waals surface area (Å²) in [5, 5.41) is 5.61. The van der Waals surface area contributed by atoms with Crippen molar-refractivity contribution in [1.29, 1.82) is 0 Å². The molecule has 1 N–H and O–H groups in total. The van der Waals surface area contributed by atoms with Gasteiger partial charge in [0.2, 0.25) is 5.91 Å². The highest BCUT2D eigenvalue weighted by molar-refractivity contribution is 7.14. The van der Waals surface area contributed by atoms with Crippen molar-refractivity contribution < 1.29 is 18.7 Å². The smallest absolute Gasteiger partial charge is 0.342 e. The fourth-order valence-electron chi connectivity index (χ4n) is 3.37. The zero-order valence-corrected chi connectivity index (χ0v) is 19.1. The van der Waals surface area contributed by atoms with Crippen molar-refractivity contribution in [2.24, 2.45) is 0 Å². The molecule has 0 radical (unpaired) electrons. The van der Waals surface area contributed by atoms with Gasteiger partial charge in [0.05, 0.1) is 10.6 Å². The number of amides is 1. The summed E-state index contributed by atoms with van der Waals surface area (Å²) in [6.45, 7) is 5.45. The minimum Gasteiger partial charge on any atom is -0.456 e. The number of benzene rings is 2. The molecule has 164 valence electrons. The Bertz CT molecular complexity index is 1210. The maximum atomic E-state index is 13.1. The number of fused-ring (bicyclic) bond motifs is 1. The predicted molar refractivity (Wildman–Crippen MR) is 128 cm³/mol. The highest BCUT2D eigenvalue weighted by Gasteiger charge is 2.28. The van der Waals surface area contributed by atoms with Gasteiger partial charge in [0, 0.05) is 17.2 Å². The largest absolute Gasteiger partial charge is 0.456 e. The van der Waals surface area contributed by atoms with Gasteiger partial charge in [0.15, 0.2) is 0 Å². The van der Waals surface area contributed by atoms with E-state index in [0.717, 1.165) is 16.5 Å². The fourth-order valence-corrected chi connectivity index (χ4v) is 4.31. The average Bonchev–Trinajstić information content (AvgIpc) is 3.35. The first-order valence-electron chi connectivity index (χ1n) is 10.5. The molecule has 4 rings (SSSR count). The third kappa shape index (κ3) is 5.08. The number of aryl methyl sites for hydroxylation is 1. The lowest BCUT2D eigenvalue weighted by Crippen LogP contribution is -2.25. The molecule has 0 aliphatic rings. The summed E-state index contributed by atoms with van der Waals surface area (Å²) in [7, 11) is 0. The number of nitrogens with one attached hydrogen (secondary N) is 1. The minimum absolute atomic E-state index is 0.160. The first kappa shape index (κ1) is 21.8. The summed E-state index contributed by atoms with van der Waals surface area (Å²) in [4.78, 5) is 26.4. The molecule has 0 atom stereocenters.